The van der Waals surface area contributed by atoms with Gasteiger partial charge in [0.05, 0.1) is 11.5 Å². The molecule has 0 rings (SSSR count). The second-order valence-corrected chi connectivity index (χ2v) is 3.66. The lowest BCUT2D eigenvalue weighted by Gasteiger charge is -2.09. The Morgan fingerprint density at radius 2 is 1.57 bits per heavy atom. The molecule has 0 aromatic heterocycles. The molecule has 0 saturated heterocycles. The molecule has 0 unspecified atom stereocenters. The molecule has 0 amide bonds. The highest BCUT2D eigenvalue weighted by Gasteiger charge is 2.25. The third-order valence-electron chi connectivity index (χ3n) is 0.945. The zero-order valence-corrected chi connectivity index (χ0v) is 8.99. The molecule has 0 saturated carbocycles. The number of aliphatic hydroxyl groups is 2. The molecule has 0 bridgehead atoms. The molecule has 6 heteroatoms. The highest BCUT2D eigenvalue weighted by molar-refractivity contribution is 6.18. The first-order valence-corrected chi connectivity index (χ1v) is 4.62. The number of aliphatic hydroxyl groups excluding tert-OH is 1. The van der Waals surface area contributed by atoms with Crippen molar-refractivity contribution in [3.8, 4) is 0 Å². The van der Waals surface area contributed by atoms with E-state index in [-0.39, 0.29) is 13.0 Å². The Labute approximate surface area is 86.7 Å². The zero-order chi connectivity index (χ0) is 11.8. The fourth-order valence-corrected chi connectivity index (χ4v) is 0.280. The van der Waals surface area contributed by atoms with Crippen molar-refractivity contribution in [2.75, 3.05) is 12.5 Å². The van der Waals surface area contributed by atoms with Crippen LogP contribution in [-0.2, 0) is 0 Å². The van der Waals surface area contributed by atoms with E-state index >= 15 is 0 Å². The molecule has 0 aliphatic heterocycles. The molecule has 0 aromatic carbocycles. The van der Waals surface area contributed by atoms with E-state index in [1.807, 2.05) is 0 Å². The minimum Gasteiger partial charge on any atom is -0.396 e. The smallest absolute Gasteiger partial charge is 0.389 e. The van der Waals surface area contributed by atoms with Crippen LogP contribution in [0.4, 0.5) is 13.2 Å². The maximum absolute atomic E-state index is 11.1. The van der Waals surface area contributed by atoms with E-state index in [0.717, 1.165) is 0 Å². The topological polar surface area (TPSA) is 40.5 Å². The number of rotatable bonds is 3. The molecule has 0 spiro atoms. The summed E-state index contributed by atoms with van der Waals surface area (Å²) in [7, 11) is 0. The van der Waals surface area contributed by atoms with Gasteiger partial charge < -0.3 is 10.2 Å². The molecule has 88 valence electrons. The summed E-state index contributed by atoms with van der Waals surface area (Å²) in [6, 6.07) is 0. The van der Waals surface area contributed by atoms with Crippen molar-refractivity contribution in [1.29, 1.82) is 0 Å². The van der Waals surface area contributed by atoms with Crippen LogP contribution in [0.2, 0.25) is 0 Å². The molecule has 0 aliphatic rings. The van der Waals surface area contributed by atoms with Crippen LogP contribution in [0.25, 0.3) is 0 Å². The normalized spacial score (nSPS) is 12.0. The maximum Gasteiger partial charge on any atom is 0.389 e. The molecule has 0 fully saturated rings. The summed E-state index contributed by atoms with van der Waals surface area (Å²) in [4.78, 5) is 0. The zero-order valence-electron chi connectivity index (χ0n) is 8.23. The van der Waals surface area contributed by atoms with E-state index < -0.39 is 18.2 Å². The van der Waals surface area contributed by atoms with Gasteiger partial charge in [-0.3, -0.25) is 0 Å². The first kappa shape index (κ1) is 16.4. The van der Waals surface area contributed by atoms with Crippen molar-refractivity contribution < 1.29 is 23.4 Å². The number of alkyl halides is 4. The SMILES string of the molecule is CC(C)(O)CCl.OCCCC(F)(F)F. The lowest BCUT2D eigenvalue weighted by molar-refractivity contribution is -0.136. The van der Waals surface area contributed by atoms with Gasteiger partial charge in [0.1, 0.15) is 0 Å². The van der Waals surface area contributed by atoms with E-state index in [1.54, 1.807) is 13.8 Å². The molecule has 0 radical (unpaired) electrons. The van der Waals surface area contributed by atoms with E-state index in [0.29, 0.717) is 5.88 Å². The van der Waals surface area contributed by atoms with Gasteiger partial charge in [-0.2, -0.15) is 13.2 Å². The molecule has 2 nitrogen and oxygen atoms in total. The average Bonchev–Trinajstić information content (AvgIpc) is 1.99. The van der Waals surface area contributed by atoms with Crippen LogP contribution in [-0.4, -0.2) is 34.5 Å². The number of hydrogen-bond donors (Lipinski definition) is 2. The summed E-state index contributed by atoms with van der Waals surface area (Å²) in [5.74, 6) is 0.299. The van der Waals surface area contributed by atoms with Crippen LogP contribution in [0.15, 0.2) is 0 Å². The largest absolute Gasteiger partial charge is 0.396 e. The third-order valence-corrected chi connectivity index (χ3v) is 1.60. The summed E-state index contributed by atoms with van der Waals surface area (Å²) in [5.41, 5.74) is -0.693. The molecule has 0 atom stereocenters. The Bertz CT molecular complexity index is 132. The quantitative estimate of drug-likeness (QED) is 0.739. The highest BCUT2D eigenvalue weighted by Crippen LogP contribution is 2.20. The lowest BCUT2D eigenvalue weighted by Crippen LogP contribution is -2.19. The molecular weight excluding hydrogens is 221 g/mol. The second-order valence-electron chi connectivity index (χ2n) is 3.39. The lowest BCUT2D eigenvalue weighted by atomic mass is 10.2. The Hall–Kier alpha value is -0.0000000000000000555. The minimum atomic E-state index is -4.11. The first-order chi connectivity index (χ1) is 6.12. The molecule has 2 N–H and O–H groups in total. The van der Waals surface area contributed by atoms with E-state index in [2.05, 4.69) is 0 Å². The first-order valence-electron chi connectivity index (χ1n) is 4.08. The van der Waals surface area contributed by atoms with Crippen LogP contribution >= 0.6 is 11.6 Å². The summed E-state index contributed by atoms with van der Waals surface area (Å²) in [6.45, 7) is 2.94. The highest BCUT2D eigenvalue weighted by atomic mass is 35.5. The van der Waals surface area contributed by atoms with Crippen LogP contribution < -0.4 is 0 Å². The summed E-state index contributed by atoms with van der Waals surface area (Å²) in [5, 5.41) is 16.6. The Morgan fingerprint density at radius 1 is 1.21 bits per heavy atom. The van der Waals surface area contributed by atoms with Gasteiger partial charge in [-0.1, -0.05) is 0 Å². The van der Waals surface area contributed by atoms with Gasteiger partial charge in [-0.15, -0.1) is 11.6 Å². The maximum atomic E-state index is 11.1. The molecule has 0 aliphatic carbocycles. The van der Waals surface area contributed by atoms with Gasteiger partial charge in [0.15, 0.2) is 0 Å². The summed E-state index contributed by atoms with van der Waals surface area (Å²) < 4.78 is 33.4. The Kier molecular flexibility index (Phi) is 8.58. The predicted octanol–water partition coefficient (Wildman–Crippen LogP) is 2.32. The van der Waals surface area contributed by atoms with Crippen LogP contribution in [0.5, 0.6) is 0 Å². The Morgan fingerprint density at radius 3 is 1.64 bits per heavy atom. The summed E-state index contributed by atoms with van der Waals surface area (Å²) in [6.07, 6.45) is -5.18. The van der Waals surface area contributed by atoms with E-state index in [1.165, 1.54) is 0 Å². The van der Waals surface area contributed by atoms with Crippen molar-refractivity contribution in [3.05, 3.63) is 0 Å². The molecule has 14 heavy (non-hydrogen) atoms. The van der Waals surface area contributed by atoms with Crippen molar-refractivity contribution >= 4 is 11.6 Å². The predicted molar refractivity (Wildman–Crippen MR) is 49.4 cm³/mol. The minimum absolute atomic E-state index is 0.191. The fourth-order valence-electron chi connectivity index (χ4n) is 0.280. The van der Waals surface area contributed by atoms with Crippen LogP contribution in [0.1, 0.15) is 26.7 Å². The van der Waals surface area contributed by atoms with E-state index in [4.69, 9.17) is 21.8 Å². The van der Waals surface area contributed by atoms with Gasteiger partial charge in [-0.25, -0.2) is 0 Å². The van der Waals surface area contributed by atoms with Gasteiger partial charge in [0.25, 0.3) is 0 Å². The molecule has 0 aromatic rings. The van der Waals surface area contributed by atoms with Gasteiger partial charge in [0, 0.05) is 13.0 Å². The second kappa shape index (κ2) is 7.31. The van der Waals surface area contributed by atoms with Crippen LogP contribution in [0, 0.1) is 0 Å². The van der Waals surface area contributed by atoms with Crippen molar-refractivity contribution in [1.82, 2.24) is 0 Å². The third kappa shape index (κ3) is 22.7. The monoisotopic (exact) mass is 236 g/mol. The van der Waals surface area contributed by atoms with Crippen LogP contribution in [0.3, 0.4) is 0 Å². The van der Waals surface area contributed by atoms with Crippen molar-refractivity contribution in [2.45, 2.75) is 38.5 Å². The summed E-state index contributed by atoms with van der Waals surface area (Å²) >= 11 is 5.23. The standard InChI is InChI=1S/C4H9ClO.C4H7F3O/c1-4(2,6)3-5;5-4(6,7)2-1-3-8/h6H,3H2,1-2H3;8H,1-3H2. The molecular formula is C8H16ClF3O2. The number of halogens is 4. The van der Waals surface area contributed by atoms with Gasteiger partial charge >= 0.3 is 6.18 Å². The van der Waals surface area contributed by atoms with E-state index in [9.17, 15) is 13.2 Å². The van der Waals surface area contributed by atoms with Gasteiger partial charge in [0.2, 0.25) is 0 Å². The van der Waals surface area contributed by atoms with Crippen molar-refractivity contribution in [3.63, 3.8) is 0 Å². The Balaban J connectivity index is 0. The molecule has 0 heterocycles. The van der Waals surface area contributed by atoms with Gasteiger partial charge in [-0.05, 0) is 20.3 Å². The average molecular weight is 237 g/mol. The fraction of sp³-hybridized carbons (Fsp3) is 1.00. The van der Waals surface area contributed by atoms with Crippen molar-refractivity contribution in [2.24, 2.45) is 0 Å². The number of hydrogen-bond acceptors (Lipinski definition) is 2.